The van der Waals surface area contributed by atoms with Gasteiger partial charge in [0, 0.05) is 22.0 Å². The Bertz CT molecular complexity index is 417. The second-order valence-corrected chi connectivity index (χ2v) is 4.91. The van der Waals surface area contributed by atoms with Crippen LogP contribution in [-0.2, 0) is 10.7 Å². The molecule has 0 atom stereocenters. The number of rotatable bonds is 4. The summed E-state index contributed by atoms with van der Waals surface area (Å²) in [5, 5.41) is 5.17. The lowest BCUT2D eigenvalue weighted by molar-refractivity contribution is 1.41. The van der Waals surface area contributed by atoms with Crippen molar-refractivity contribution in [1.29, 1.82) is 0 Å². The van der Waals surface area contributed by atoms with Crippen molar-refractivity contribution in [2.45, 2.75) is 10.7 Å². The van der Waals surface area contributed by atoms with Crippen LogP contribution in [0.3, 0.4) is 0 Å². The van der Waals surface area contributed by atoms with E-state index in [1.54, 1.807) is 0 Å². The third-order valence-corrected chi connectivity index (χ3v) is 3.80. The van der Waals surface area contributed by atoms with Gasteiger partial charge in [-0.25, -0.2) is 0 Å². The van der Waals surface area contributed by atoms with E-state index < -0.39 is 0 Å². The molecule has 0 spiro atoms. The molecule has 0 heterocycles. The molecular formula is C14H13Br2N. The van der Waals surface area contributed by atoms with E-state index in [2.05, 4.69) is 85.7 Å². The predicted molar refractivity (Wildman–Crippen MR) is 81.4 cm³/mol. The average molecular weight is 355 g/mol. The first-order valence-corrected chi connectivity index (χ1v) is 7.63. The van der Waals surface area contributed by atoms with Crippen LogP contribution in [0.15, 0.2) is 48.5 Å². The molecule has 0 saturated carbocycles. The predicted octanol–water partition coefficient (Wildman–Crippen LogP) is 5.22. The lowest BCUT2D eigenvalue weighted by atomic mass is 10.2. The summed E-state index contributed by atoms with van der Waals surface area (Å²) in [7, 11) is 0. The van der Waals surface area contributed by atoms with E-state index in [0.717, 1.165) is 22.0 Å². The summed E-state index contributed by atoms with van der Waals surface area (Å²) < 4.78 is 0. The van der Waals surface area contributed by atoms with Gasteiger partial charge in [-0.1, -0.05) is 56.1 Å². The van der Waals surface area contributed by atoms with Gasteiger partial charge < -0.3 is 5.32 Å². The first-order chi connectivity index (χ1) is 8.31. The Labute approximate surface area is 119 Å². The third-order valence-electron chi connectivity index (χ3n) is 2.51. The Balaban J connectivity index is 2.08. The normalized spacial score (nSPS) is 10.2. The van der Waals surface area contributed by atoms with Gasteiger partial charge in [-0.3, -0.25) is 0 Å². The largest absolute Gasteiger partial charge is 0.356 e. The van der Waals surface area contributed by atoms with Crippen LogP contribution in [0.2, 0.25) is 0 Å². The van der Waals surface area contributed by atoms with Crippen LogP contribution in [0.1, 0.15) is 11.1 Å². The van der Waals surface area contributed by atoms with E-state index in [1.807, 2.05) is 0 Å². The minimum Gasteiger partial charge on any atom is -0.356 e. The number of benzene rings is 2. The van der Waals surface area contributed by atoms with E-state index in [9.17, 15) is 0 Å². The molecule has 0 saturated heterocycles. The number of nitrogens with one attached hydrogen (secondary N) is 1. The molecule has 2 aromatic rings. The Kier molecular flexibility index (Phi) is 4.63. The molecule has 0 aliphatic carbocycles. The van der Waals surface area contributed by atoms with E-state index in [0.29, 0.717) is 0 Å². The van der Waals surface area contributed by atoms with Crippen molar-refractivity contribution in [3.05, 3.63) is 59.7 Å². The Morgan fingerprint density at radius 2 is 1.00 bits per heavy atom. The Morgan fingerprint density at radius 1 is 0.647 bits per heavy atom. The van der Waals surface area contributed by atoms with Crippen molar-refractivity contribution in [2.75, 3.05) is 5.32 Å². The van der Waals surface area contributed by atoms with Crippen LogP contribution in [0.5, 0.6) is 0 Å². The smallest absolute Gasteiger partial charge is 0.0384 e. The standard InChI is InChI=1S/C14H13Br2N/c15-9-11-1-5-13(6-2-11)17-14-7-3-12(10-16)4-8-14/h1-8,17H,9-10H2. The molecule has 1 nitrogen and oxygen atoms in total. The quantitative estimate of drug-likeness (QED) is 0.742. The number of anilines is 2. The van der Waals surface area contributed by atoms with Crippen molar-refractivity contribution < 1.29 is 0 Å². The van der Waals surface area contributed by atoms with Crippen molar-refractivity contribution >= 4 is 43.2 Å². The van der Waals surface area contributed by atoms with Gasteiger partial charge >= 0.3 is 0 Å². The minimum absolute atomic E-state index is 0.896. The highest BCUT2D eigenvalue weighted by atomic mass is 79.9. The van der Waals surface area contributed by atoms with Gasteiger partial charge in [0.25, 0.3) is 0 Å². The maximum atomic E-state index is 3.44. The molecule has 0 fully saturated rings. The van der Waals surface area contributed by atoms with Gasteiger partial charge in [0.1, 0.15) is 0 Å². The molecule has 0 amide bonds. The topological polar surface area (TPSA) is 12.0 Å². The van der Waals surface area contributed by atoms with Gasteiger partial charge in [0.15, 0.2) is 0 Å². The monoisotopic (exact) mass is 353 g/mol. The molecular weight excluding hydrogens is 342 g/mol. The zero-order chi connectivity index (χ0) is 12.1. The van der Waals surface area contributed by atoms with Crippen molar-refractivity contribution in [3.63, 3.8) is 0 Å². The number of alkyl halides is 2. The van der Waals surface area contributed by atoms with Gasteiger partial charge in [0.2, 0.25) is 0 Å². The summed E-state index contributed by atoms with van der Waals surface area (Å²) in [6.45, 7) is 0. The molecule has 1 N–H and O–H groups in total. The van der Waals surface area contributed by atoms with Crippen molar-refractivity contribution in [1.82, 2.24) is 0 Å². The molecule has 2 rings (SSSR count). The van der Waals surface area contributed by atoms with Crippen LogP contribution in [0.4, 0.5) is 11.4 Å². The first-order valence-electron chi connectivity index (χ1n) is 5.38. The summed E-state index contributed by atoms with van der Waals surface area (Å²) in [6.07, 6.45) is 0. The highest BCUT2D eigenvalue weighted by Gasteiger charge is 1.96. The molecule has 88 valence electrons. The lowest BCUT2D eigenvalue weighted by Crippen LogP contribution is -1.90. The van der Waals surface area contributed by atoms with Crippen molar-refractivity contribution in [3.8, 4) is 0 Å². The van der Waals surface area contributed by atoms with Crippen LogP contribution in [-0.4, -0.2) is 0 Å². The molecule has 0 aliphatic rings. The summed E-state index contributed by atoms with van der Waals surface area (Å²) >= 11 is 6.88. The highest BCUT2D eigenvalue weighted by Crippen LogP contribution is 2.19. The lowest BCUT2D eigenvalue weighted by Gasteiger charge is -2.07. The molecule has 0 radical (unpaired) electrons. The van der Waals surface area contributed by atoms with Gasteiger partial charge in [-0.15, -0.1) is 0 Å². The molecule has 0 bridgehead atoms. The van der Waals surface area contributed by atoms with Crippen LogP contribution >= 0.6 is 31.9 Å². The zero-order valence-corrected chi connectivity index (χ0v) is 12.5. The minimum atomic E-state index is 0.896. The molecule has 0 aromatic heterocycles. The Morgan fingerprint density at radius 3 is 1.29 bits per heavy atom. The highest BCUT2D eigenvalue weighted by molar-refractivity contribution is 9.08. The fraction of sp³-hybridized carbons (Fsp3) is 0.143. The maximum absolute atomic E-state index is 3.44. The second kappa shape index (κ2) is 6.22. The van der Waals surface area contributed by atoms with Crippen LogP contribution in [0, 0.1) is 0 Å². The van der Waals surface area contributed by atoms with Crippen LogP contribution in [0.25, 0.3) is 0 Å². The van der Waals surface area contributed by atoms with E-state index in [1.165, 1.54) is 11.1 Å². The summed E-state index contributed by atoms with van der Waals surface area (Å²) in [6, 6.07) is 16.8. The number of hydrogen-bond donors (Lipinski definition) is 1. The summed E-state index contributed by atoms with van der Waals surface area (Å²) in [5.74, 6) is 0. The molecule has 3 heteroatoms. The number of halogens is 2. The van der Waals surface area contributed by atoms with E-state index in [-0.39, 0.29) is 0 Å². The molecule has 0 unspecified atom stereocenters. The van der Waals surface area contributed by atoms with Gasteiger partial charge in [0.05, 0.1) is 0 Å². The SMILES string of the molecule is BrCc1ccc(Nc2ccc(CBr)cc2)cc1. The summed E-state index contributed by atoms with van der Waals surface area (Å²) in [4.78, 5) is 0. The first kappa shape index (κ1) is 12.7. The summed E-state index contributed by atoms with van der Waals surface area (Å²) in [5.41, 5.74) is 4.79. The van der Waals surface area contributed by atoms with Gasteiger partial charge in [-0.2, -0.15) is 0 Å². The second-order valence-electron chi connectivity index (χ2n) is 3.79. The fourth-order valence-electron chi connectivity index (χ4n) is 1.52. The van der Waals surface area contributed by atoms with E-state index >= 15 is 0 Å². The molecule has 17 heavy (non-hydrogen) atoms. The molecule has 2 aromatic carbocycles. The van der Waals surface area contributed by atoms with E-state index in [4.69, 9.17) is 0 Å². The van der Waals surface area contributed by atoms with Gasteiger partial charge in [-0.05, 0) is 35.4 Å². The third kappa shape index (κ3) is 3.58. The van der Waals surface area contributed by atoms with Crippen molar-refractivity contribution in [2.24, 2.45) is 0 Å². The average Bonchev–Trinajstić information content (AvgIpc) is 2.40. The Hall–Kier alpha value is -0.800. The zero-order valence-electron chi connectivity index (χ0n) is 9.29. The fourth-order valence-corrected chi connectivity index (χ4v) is 2.27. The van der Waals surface area contributed by atoms with Crippen LogP contribution < -0.4 is 5.32 Å². The number of hydrogen-bond acceptors (Lipinski definition) is 1. The molecule has 0 aliphatic heterocycles. The maximum Gasteiger partial charge on any atom is 0.0384 e.